The van der Waals surface area contributed by atoms with Crippen molar-refractivity contribution in [1.82, 2.24) is 15.1 Å². The molecule has 0 saturated carbocycles. The summed E-state index contributed by atoms with van der Waals surface area (Å²) in [7, 11) is 1.61. The third-order valence-electron chi connectivity index (χ3n) is 4.29. The topological polar surface area (TPSA) is 73.9 Å². The molecule has 1 aliphatic rings. The van der Waals surface area contributed by atoms with Gasteiger partial charge in [0.25, 0.3) is 0 Å². The third-order valence-corrected chi connectivity index (χ3v) is 4.29. The van der Waals surface area contributed by atoms with Crippen LogP contribution in [0.25, 0.3) is 0 Å². The summed E-state index contributed by atoms with van der Waals surface area (Å²) in [4.78, 5) is 28.1. The van der Waals surface area contributed by atoms with Gasteiger partial charge >= 0.3 is 6.03 Å². The number of nitrogens with one attached hydrogen (secondary N) is 2. The Morgan fingerprint density at radius 2 is 1.88 bits per heavy atom. The van der Waals surface area contributed by atoms with Crippen LogP contribution in [-0.4, -0.2) is 74.7 Å². The van der Waals surface area contributed by atoms with Gasteiger partial charge in [-0.15, -0.1) is 0 Å². The first-order chi connectivity index (χ1) is 12.0. The minimum atomic E-state index is -0.0853. The molecule has 0 bridgehead atoms. The lowest BCUT2D eigenvalue weighted by molar-refractivity contribution is -0.122. The fourth-order valence-electron chi connectivity index (χ4n) is 2.73. The standard InChI is InChI=1S/C18H28N4O3/c1-14-4-5-15(2)16(12-14)20-18(24)22-9-7-21(8-10-22)13-17(23)19-6-11-25-3/h4-5,12H,6-11,13H2,1-3H3,(H,19,23)(H,20,24). The maximum absolute atomic E-state index is 12.4. The van der Waals surface area contributed by atoms with Gasteiger partial charge in [-0.25, -0.2) is 4.79 Å². The summed E-state index contributed by atoms with van der Waals surface area (Å²) in [6.45, 7) is 7.99. The van der Waals surface area contributed by atoms with Crippen LogP contribution in [0.15, 0.2) is 18.2 Å². The molecule has 25 heavy (non-hydrogen) atoms. The molecule has 7 nitrogen and oxygen atoms in total. The molecule has 2 N–H and O–H groups in total. The number of urea groups is 1. The zero-order valence-corrected chi connectivity index (χ0v) is 15.3. The molecule has 138 valence electrons. The second-order valence-corrected chi connectivity index (χ2v) is 6.35. The normalized spacial score (nSPS) is 15.1. The molecule has 1 fully saturated rings. The molecule has 0 unspecified atom stereocenters. The second kappa shape index (κ2) is 9.39. The van der Waals surface area contributed by atoms with Crippen LogP contribution in [0, 0.1) is 13.8 Å². The van der Waals surface area contributed by atoms with Gasteiger partial charge in [0.15, 0.2) is 0 Å². The molecule has 1 saturated heterocycles. The number of benzene rings is 1. The summed E-state index contributed by atoms with van der Waals surface area (Å²) in [6, 6.07) is 5.93. The van der Waals surface area contributed by atoms with E-state index in [-0.39, 0.29) is 11.9 Å². The van der Waals surface area contributed by atoms with E-state index in [1.165, 1.54) is 0 Å². The minimum absolute atomic E-state index is 0.00895. The minimum Gasteiger partial charge on any atom is -0.383 e. The number of hydrogen-bond acceptors (Lipinski definition) is 4. The van der Waals surface area contributed by atoms with E-state index in [2.05, 4.69) is 15.5 Å². The second-order valence-electron chi connectivity index (χ2n) is 6.35. The highest BCUT2D eigenvalue weighted by Crippen LogP contribution is 2.17. The Morgan fingerprint density at radius 1 is 1.16 bits per heavy atom. The summed E-state index contributed by atoms with van der Waals surface area (Å²) >= 11 is 0. The lowest BCUT2D eigenvalue weighted by atomic mass is 10.1. The fourth-order valence-corrected chi connectivity index (χ4v) is 2.73. The van der Waals surface area contributed by atoms with E-state index in [9.17, 15) is 9.59 Å². The molecule has 1 aromatic carbocycles. The van der Waals surface area contributed by atoms with Gasteiger partial charge in [0, 0.05) is 45.5 Å². The highest BCUT2D eigenvalue weighted by molar-refractivity contribution is 5.90. The smallest absolute Gasteiger partial charge is 0.321 e. The predicted octanol–water partition coefficient (Wildman–Crippen LogP) is 1.22. The molecular formula is C18H28N4O3. The van der Waals surface area contributed by atoms with Gasteiger partial charge in [0.05, 0.1) is 13.2 Å². The fraction of sp³-hybridized carbons (Fsp3) is 0.556. The van der Waals surface area contributed by atoms with Gasteiger partial charge in [-0.05, 0) is 31.0 Å². The maximum Gasteiger partial charge on any atom is 0.321 e. The summed E-state index contributed by atoms with van der Waals surface area (Å²) in [5.74, 6) is -0.00895. The number of hydrogen-bond donors (Lipinski definition) is 2. The van der Waals surface area contributed by atoms with E-state index < -0.39 is 0 Å². The Bertz CT molecular complexity index is 598. The van der Waals surface area contributed by atoms with Crippen LogP contribution in [-0.2, 0) is 9.53 Å². The number of aryl methyl sites for hydroxylation is 2. The molecule has 0 radical (unpaired) electrons. The zero-order valence-electron chi connectivity index (χ0n) is 15.3. The summed E-state index contributed by atoms with van der Waals surface area (Å²) < 4.78 is 4.91. The van der Waals surface area contributed by atoms with Gasteiger partial charge in [0.1, 0.15) is 0 Å². The molecule has 1 heterocycles. The van der Waals surface area contributed by atoms with Crippen LogP contribution in [0.3, 0.4) is 0 Å². The third kappa shape index (κ3) is 6.03. The van der Waals surface area contributed by atoms with Gasteiger partial charge in [-0.3, -0.25) is 9.69 Å². The molecule has 0 atom stereocenters. The van der Waals surface area contributed by atoms with Crippen LogP contribution < -0.4 is 10.6 Å². The number of carbonyl (C=O) groups is 2. The molecule has 3 amide bonds. The van der Waals surface area contributed by atoms with Crippen molar-refractivity contribution in [3.63, 3.8) is 0 Å². The van der Waals surface area contributed by atoms with Crippen molar-refractivity contribution >= 4 is 17.6 Å². The van der Waals surface area contributed by atoms with Crippen LogP contribution >= 0.6 is 0 Å². The van der Waals surface area contributed by atoms with Crippen molar-refractivity contribution in [3.05, 3.63) is 29.3 Å². The van der Waals surface area contributed by atoms with Gasteiger partial charge < -0.3 is 20.3 Å². The monoisotopic (exact) mass is 348 g/mol. The van der Waals surface area contributed by atoms with Crippen molar-refractivity contribution in [3.8, 4) is 0 Å². The number of ether oxygens (including phenoxy) is 1. The Labute approximate surface area is 149 Å². The van der Waals surface area contributed by atoms with Gasteiger partial charge in [-0.1, -0.05) is 12.1 Å². The number of rotatable bonds is 6. The molecule has 0 aromatic heterocycles. The van der Waals surface area contributed by atoms with Gasteiger partial charge in [-0.2, -0.15) is 0 Å². The maximum atomic E-state index is 12.4. The summed E-state index contributed by atoms with van der Waals surface area (Å²) in [5, 5.41) is 5.80. The van der Waals surface area contributed by atoms with E-state index in [1.54, 1.807) is 12.0 Å². The average molecular weight is 348 g/mol. The Morgan fingerprint density at radius 3 is 2.56 bits per heavy atom. The van der Waals surface area contributed by atoms with E-state index in [0.29, 0.717) is 45.9 Å². The number of piperazine rings is 1. The summed E-state index contributed by atoms with van der Waals surface area (Å²) in [6.07, 6.45) is 0. The molecular weight excluding hydrogens is 320 g/mol. The lowest BCUT2D eigenvalue weighted by Gasteiger charge is -2.34. The molecule has 0 aliphatic carbocycles. The first-order valence-electron chi connectivity index (χ1n) is 8.61. The van der Waals surface area contributed by atoms with Crippen LogP contribution in [0.4, 0.5) is 10.5 Å². The quantitative estimate of drug-likeness (QED) is 0.758. The number of nitrogens with zero attached hydrogens (tertiary/aromatic N) is 2. The SMILES string of the molecule is COCCNC(=O)CN1CCN(C(=O)Nc2cc(C)ccc2C)CC1. The van der Waals surface area contributed by atoms with Gasteiger partial charge in [0.2, 0.25) is 5.91 Å². The lowest BCUT2D eigenvalue weighted by Crippen LogP contribution is -2.52. The van der Waals surface area contributed by atoms with Crippen molar-refractivity contribution < 1.29 is 14.3 Å². The number of amides is 3. The zero-order chi connectivity index (χ0) is 18.2. The highest BCUT2D eigenvalue weighted by Gasteiger charge is 2.22. The highest BCUT2D eigenvalue weighted by atomic mass is 16.5. The van der Waals surface area contributed by atoms with E-state index in [1.807, 2.05) is 32.0 Å². The van der Waals surface area contributed by atoms with Crippen molar-refractivity contribution in [2.24, 2.45) is 0 Å². The Balaban J connectivity index is 1.76. The van der Waals surface area contributed by atoms with E-state index in [0.717, 1.165) is 16.8 Å². The Kier molecular flexibility index (Phi) is 7.21. The largest absolute Gasteiger partial charge is 0.383 e. The van der Waals surface area contributed by atoms with Crippen molar-refractivity contribution in [2.75, 3.05) is 58.3 Å². The van der Waals surface area contributed by atoms with Crippen LogP contribution in [0.1, 0.15) is 11.1 Å². The van der Waals surface area contributed by atoms with Crippen molar-refractivity contribution in [1.29, 1.82) is 0 Å². The van der Waals surface area contributed by atoms with Crippen LogP contribution in [0.2, 0.25) is 0 Å². The molecule has 1 aromatic rings. The van der Waals surface area contributed by atoms with E-state index >= 15 is 0 Å². The van der Waals surface area contributed by atoms with Crippen molar-refractivity contribution in [2.45, 2.75) is 13.8 Å². The average Bonchev–Trinajstić information content (AvgIpc) is 2.59. The van der Waals surface area contributed by atoms with Crippen LogP contribution in [0.5, 0.6) is 0 Å². The summed E-state index contributed by atoms with van der Waals surface area (Å²) in [5.41, 5.74) is 3.01. The van der Waals surface area contributed by atoms with E-state index in [4.69, 9.17) is 4.74 Å². The molecule has 2 rings (SSSR count). The predicted molar refractivity (Wildman–Crippen MR) is 97.8 cm³/mol. The first-order valence-corrected chi connectivity index (χ1v) is 8.61. The Hall–Kier alpha value is -2.12. The molecule has 7 heteroatoms. The molecule has 1 aliphatic heterocycles. The number of methoxy groups -OCH3 is 1. The number of carbonyl (C=O) groups excluding carboxylic acids is 2. The molecule has 0 spiro atoms. The first kappa shape index (κ1) is 19.2. The number of anilines is 1.